The Hall–Kier alpha value is -6.12. The summed E-state index contributed by atoms with van der Waals surface area (Å²) in [6, 6.07) is 19.0. The second-order valence-electron chi connectivity index (χ2n) is 11.8. The van der Waals surface area contributed by atoms with Gasteiger partial charge in [0.05, 0.1) is 31.2 Å². The molecule has 51 heavy (non-hydrogen) atoms. The van der Waals surface area contributed by atoms with Gasteiger partial charge in [-0.3, -0.25) is 14.2 Å². The van der Waals surface area contributed by atoms with E-state index in [1.807, 2.05) is 17.9 Å². The molecule has 1 aliphatic rings. The van der Waals surface area contributed by atoms with Crippen LogP contribution in [0.25, 0.3) is 16.7 Å². The number of alkyl halides is 3. The largest absolute Gasteiger partial charge is 0.493 e. The fourth-order valence-electron chi connectivity index (χ4n) is 5.76. The number of nitrogens with one attached hydrogen (secondary N) is 2. The van der Waals surface area contributed by atoms with E-state index in [2.05, 4.69) is 15.6 Å². The van der Waals surface area contributed by atoms with Crippen molar-refractivity contribution < 1.29 is 32.2 Å². The molecule has 2 aromatic heterocycles. The predicted molar refractivity (Wildman–Crippen MR) is 185 cm³/mol. The molecule has 3 aromatic carbocycles. The third-order valence-corrected chi connectivity index (χ3v) is 8.51. The molecule has 5 aromatic rings. The molecule has 15 heteroatoms. The van der Waals surface area contributed by atoms with E-state index >= 15 is 0 Å². The molecule has 0 radical (unpaired) electrons. The van der Waals surface area contributed by atoms with E-state index in [9.17, 15) is 27.6 Å². The minimum Gasteiger partial charge on any atom is -0.493 e. The lowest BCUT2D eigenvalue weighted by molar-refractivity contribution is -0.137. The quantitative estimate of drug-likeness (QED) is 0.220. The van der Waals surface area contributed by atoms with E-state index in [0.29, 0.717) is 58.5 Å². The fourth-order valence-corrected chi connectivity index (χ4v) is 5.76. The minimum atomic E-state index is -4.52. The summed E-state index contributed by atoms with van der Waals surface area (Å²) in [7, 11) is 3.09. The smallest absolute Gasteiger partial charge is 0.416 e. The highest BCUT2D eigenvalue weighted by Crippen LogP contribution is 2.31. The van der Waals surface area contributed by atoms with Gasteiger partial charge in [0.2, 0.25) is 5.95 Å². The van der Waals surface area contributed by atoms with Crippen LogP contribution in [0.5, 0.6) is 11.5 Å². The molecule has 264 valence electrons. The normalized spacial score (nSPS) is 13.2. The second kappa shape index (κ2) is 14.4. The predicted octanol–water partition coefficient (Wildman–Crippen LogP) is 5.41. The standard InChI is InChI=1S/C36H34F3N7O5/c1-22-28-12-14-31(47)46(27-10-8-24(9-11-27)33(48)40-21-23-7-13-29(50-2)30(19-23)51-3)32(28)43-34(41-22)44-15-17-45(18-16-44)35(49)42-26-6-4-5-25(20-26)36(37,38)39/h4-14,19-20H,15-18,21H2,1-3H3,(H,40,48)(H,42,49). The number of pyridine rings is 1. The Labute approximate surface area is 290 Å². The lowest BCUT2D eigenvalue weighted by Gasteiger charge is -2.35. The molecule has 0 aliphatic carbocycles. The number of rotatable bonds is 8. The zero-order valence-electron chi connectivity index (χ0n) is 28.0. The Morgan fingerprint density at radius 2 is 1.59 bits per heavy atom. The molecule has 1 aliphatic heterocycles. The van der Waals surface area contributed by atoms with E-state index in [1.165, 1.54) is 34.8 Å². The number of ether oxygens (including phenoxy) is 2. The van der Waals surface area contributed by atoms with Gasteiger partial charge in [0.15, 0.2) is 17.1 Å². The highest BCUT2D eigenvalue weighted by atomic mass is 19.4. The van der Waals surface area contributed by atoms with Crippen molar-refractivity contribution in [1.82, 2.24) is 24.8 Å². The van der Waals surface area contributed by atoms with E-state index in [1.54, 1.807) is 49.6 Å². The van der Waals surface area contributed by atoms with Crippen LogP contribution in [-0.4, -0.2) is 71.8 Å². The molecule has 6 rings (SSSR count). The summed E-state index contributed by atoms with van der Waals surface area (Å²) in [5.41, 5.74) is 1.61. The van der Waals surface area contributed by atoms with Crippen LogP contribution in [0, 0.1) is 6.92 Å². The van der Waals surface area contributed by atoms with Crippen molar-refractivity contribution in [3.05, 3.63) is 112 Å². The van der Waals surface area contributed by atoms with Crippen molar-refractivity contribution in [1.29, 1.82) is 0 Å². The second-order valence-corrected chi connectivity index (χ2v) is 11.8. The third kappa shape index (κ3) is 7.56. The summed E-state index contributed by atoms with van der Waals surface area (Å²) in [4.78, 5) is 51.9. The maximum atomic E-state index is 13.2. The van der Waals surface area contributed by atoms with Gasteiger partial charge in [0.25, 0.3) is 11.5 Å². The molecule has 1 saturated heterocycles. The van der Waals surface area contributed by atoms with Crippen molar-refractivity contribution in [2.45, 2.75) is 19.6 Å². The van der Waals surface area contributed by atoms with Crippen molar-refractivity contribution in [2.75, 3.05) is 50.6 Å². The molecule has 0 saturated carbocycles. The van der Waals surface area contributed by atoms with E-state index < -0.39 is 17.8 Å². The van der Waals surface area contributed by atoms with Gasteiger partial charge >= 0.3 is 12.2 Å². The Bertz CT molecular complexity index is 2150. The first-order valence-corrected chi connectivity index (χ1v) is 15.9. The summed E-state index contributed by atoms with van der Waals surface area (Å²) < 4.78 is 51.4. The SMILES string of the molecule is COc1ccc(CNC(=O)c2ccc(-n3c(=O)ccc4c(C)nc(N5CCN(C(=O)Nc6cccc(C(F)(F)F)c6)CC5)nc43)cc2)cc1OC. The summed E-state index contributed by atoms with van der Waals surface area (Å²) in [5, 5.41) is 6.09. The van der Waals surface area contributed by atoms with Crippen molar-refractivity contribution in [2.24, 2.45) is 0 Å². The molecular formula is C36H34F3N7O5. The van der Waals surface area contributed by atoms with Crippen molar-refractivity contribution in [3.63, 3.8) is 0 Å². The first-order chi connectivity index (χ1) is 24.4. The van der Waals surface area contributed by atoms with Crippen LogP contribution in [-0.2, 0) is 12.7 Å². The number of carbonyl (C=O) groups excluding carboxylic acids is 2. The average Bonchev–Trinajstić information content (AvgIpc) is 3.13. The summed E-state index contributed by atoms with van der Waals surface area (Å²) in [5.74, 6) is 1.20. The van der Waals surface area contributed by atoms with Crippen molar-refractivity contribution >= 4 is 34.6 Å². The van der Waals surface area contributed by atoms with Crippen LogP contribution in [0.1, 0.15) is 27.2 Å². The average molecular weight is 702 g/mol. The third-order valence-electron chi connectivity index (χ3n) is 8.51. The molecule has 3 heterocycles. The van der Waals surface area contributed by atoms with Gasteiger partial charge in [-0.05, 0) is 73.2 Å². The number of carbonyl (C=O) groups is 2. The number of urea groups is 1. The van der Waals surface area contributed by atoms with Crippen LogP contribution < -0.4 is 30.6 Å². The maximum Gasteiger partial charge on any atom is 0.416 e. The van der Waals surface area contributed by atoms with E-state index in [4.69, 9.17) is 14.5 Å². The van der Waals surface area contributed by atoms with Gasteiger partial charge in [-0.2, -0.15) is 18.2 Å². The summed E-state index contributed by atoms with van der Waals surface area (Å²) in [6.45, 7) is 3.31. The maximum absolute atomic E-state index is 13.2. The highest BCUT2D eigenvalue weighted by molar-refractivity contribution is 5.94. The number of nitrogens with zero attached hydrogens (tertiary/aromatic N) is 5. The van der Waals surface area contributed by atoms with E-state index in [-0.39, 0.29) is 36.8 Å². The van der Waals surface area contributed by atoms with Crippen molar-refractivity contribution in [3.8, 4) is 17.2 Å². The highest BCUT2D eigenvalue weighted by Gasteiger charge is 2.31. The number of aromatic nitrogens is 3. The lowest BCUT2D eigenvalue weighted by Crippen LogP contribution is -2.50. The first-order valence-electron chi connectivity index (χ1n) is 15.9. The molecule has 0 atom stereocenters. The van der Waals surface area contributed by atoms with Gasteiger partial charge in [0, 0.05) is 55.4 Å². The Morgan fingerprint density at radius 3 is 2.27 bits per heavy atom. The van der Waals surface area contributed by atoms with Gasteiger partial charge in [-0.1, -0.05) is 12.1 Å². The number of hydrogen-bond donors (Lipinski definition) is 2. The number of aryl methyl sites for hydroxylation is 1. The Kier molecular flexibility index (Phi) is 9.80. The molecule has 2 N–H and O–H groups in total. The Morgan fingerprint density at radius 1 is 0.863 bits per heavy atom. The van der Waals surface area contributed by atoms with E-state index in [0.717, 1.165) is 17.7 Å². The van der Waals surface area contributed by atoms with Crippen LogP contribution in [0.4, 0.5) is 29.6 Å². The van der Waals surface area contributed by atoms with Gasteiger partial charge < -0.3 is 29.9 Å². The fraction of sp³-hybridized carbons (Fsp3) is 0.250. The molecule has 0 bridgehead atoms. The Balaban J connectivity index is 1.16. The molecular weight excluding hydrogens is 667 g/mol. The van der Waals surface area contributed by atoms with Gasteiger partial charge in [0.1, 0.15) is 0 Å². The summed E-state index contributed by atoms with van der Waals surface area (Å²) >= 11 is 0. The first kappa shape index (κ1) is 34.7. The number of fused-ring (bicyclic) bond motifs is 1. The number of anilines is 2. The minimum absolute atomic E-state index is 0.0481. The molecule has 12 nitrogen and oxygen atoms in total. The zero-order valence-corrected chi connectivity index (χ0v) is 28.0. The van der Waals surface area contributed by atoms with Crippen LogP contribution >= 0.6 is 0 Å². The van der Waals surface area contributed by atoms with Gasteiger partial charge in [-0.25, -0.2) is 9.78 Å². The number of benzene rings is 3. The molecule has 3 amide bonds. The zero-order chi connectivity index (χ0) is 36.3. The molecule has 0 spiro atoms. The number of halogens is 3. The number of piperazine rings is 1. The van der Waals surface area contributed by atoms with Crippen LogP contribution in [0.15, 0.2) is 83.7 Å². The number of hydrogen-bond acceptors (Lipinski definition) is 8. The topological polar surface area (TPSA) is 131 Å². The lowest BCUT2D eigenvalue weighted by atomic mass is 10.1. The molecule has 1 fully saturated rings. The van der Waals surface area contributed by atoms with Crippen LogP contribution in [0.3, 0.4) is 0 Å². The van der Waals surface area contributed by atoms with Gasteiger partial charge in [-0.15, -0.1) is 0 Å². The summed E-state index contributed by atoms with van der Waals surface area (Å²) in [6.07, 6.45) is -4.52. The van der Waals surface area contributed by atoms with Crippen LogP contribution in [0.2, 0.25) is 0 Å². The molecule has 0 unspecified atom stereocenters. The number of amides is 3. The monoisotopic (exact) mass is 701 g/mol. The number of methoxy groups -OCH3 is 2.